The minimum atomic E-state index is 0.00277. The van der Waals surface area contributed by atoms with Gasteiger partial charge in [0.2, 0.25) is 5.91 Å². The molecule has 1 aromatic rings. The van der Waals surface area contributed by atoms with E-state index in [1.165, 1.54) is 0 Å². The molecule has 3 aliphatic rings. The number of hydrogen-bond acceptors (Lipinski definition) is 4. The maximum atomic E-state index is 12.9. The molecule has 1 aliphatic carbocycles. The highest BCUT2D eigenvalue weighted by Gasteiger charge is 2.35. The van der Waals surface area contributed by atoms with Crippen LogP contribution in [0.5, 0.6) is 11.5 Å². The number of piperazine rings is 1. The van der Waals surface area contributed by atoms with Crippen molar-refractivity contribution in [3.05, 3.63) is 23.3 Å². The number of benzene rings is 1. The standard InChI is InChI=1S/C18H22N2O4/c1-12-10-15-16(24-9-8-23-15)11-14(12)18(22)20-6-4-19(5-7-20)17(21)13-2-3-13/h10-11,13H,2-9H2,1H3. The van der Waals surface area contributed by atoms with Gasteiger partial charge in [-0.2, -0.15) is 0 Å². The monoisotopic (exact) mass is 330 g/mol. The lowest BCUT2D eigenvalue weighted by molar-refractivity contribution is -0.134. The molecular formula is C18H22N2O4. The number of amides is 2. The van der Waals surface area contributed by atoms with E-state index in [2.05, 4.69) is 0 Å². The number of nitrogens with zero attached hydrogens (tertiary/aromatic N) is 2. The number of rotatable bonds is 2. The number of aryl methyl sites for hydroxylation is 1. The highest BCUT2D eigenvalue weighted by Crippen LogP contribution is 2.34. The Morgan fingerprint density at radius 1 is 0.958 bits per heavy atom. The third-order valence-electron chi connectivity index (χ3n) is 4.92. The van der Waals surface area contributed by atoms with Gasteiger partial charge < -0.3 is 19.3 Å². The smallest absolute Gasteiger partial charge is 0.254 e. The van der Waals surface area contributed by atoms with E-state index < -0.39 is 0 Å². The van der Waals surface area contributed by atoms with Gasteiger partial charge in [0, 0.05) is 37.7 Å². The zero-order chi connectivity index (χ0) is 16.7. The Hall–Kier alpha value is -2.24. The van der Waals surface area contributed by atoms with Crippen molar-refractivity contribution in [3.8, 4) is 11.5 Å². The minimum absolute atomic E-state index is 0.00277. The van der Waals surface area contributed by atoms with Gasteiger partial charge in [0.05, 0.1) is 0 Å². The molecule has 24 heavy (non-hydrogen) atoms. The Labute approximate surface area is 141 Å². The van der Waals surface area contributed by atoms with Crippen LogP contribution >= 0.6 is 0 Å². The van der Waals surface area contributed by atoms with E-state index in [1.807, 2.05) is 22.8 Å². The van der Waals surface area contributed by atoms with Gasteiger partial charge in [-0.15, -0.1) is 0 Å². The van der Waals surface area contributed by atoms with E-state index in [4.69, 9.17) is 9.47 Å². The first-order chi connectivity index (χ1) is 11.6. The molecule has 1 saturated heterocycles. The molecule has 2 fully saturated rings. The highest BCUT2D eigenvalue weighted by atomic mass is 16.6. The molecule has 0 aromatic heterocycles. The highest BCUT2D eigenvalue weighted by molar-refractivity contribution is 5.96. The summed E-state index contributed by atoms with van der Waals surface area (Å²) >= 11 is 0. The molecular weight excluding hydrogens is 308 g/mol. The Morgan fingerprint density at radius 2 is 1.54 bits per heavy atom. The number of fused-ring (bicyclic) bond motifs is 1. The zero-order valence-electron chi connectivity index (χ0n) is 13.9. The summed E-state index contributed by atoms with van der Waals surface area (Å²) in [6, 6.07) is 3.66. The number of hydrogen-bond donors (Lipinski definition) is 0. The van der Waals surface area contributed by atoms with Gasteiger partial charge >= 0.3 is 0 Å². The first-order valence-electron chi connectivity index (χ1n) is 8.62. The molecule has 4 rings (SSSR count). The summed E-state index contributed by atoms with van der Waals surface area (Å²) in [5.41, 5.74) is 1.54. The molecule has 0 N–H and O–H groups in total. The second kappa shape index (κ2) is 6.00. The van der Waals surface area contributed by atoms with Crippen LogP contribution in [0, 0.1) is 12.8 Å². The van der Waals surface area contributed by atoms with Gasteiger partial charge in [0.15, 0.2) is 11.5 Å². The molecule has 128 valence electrons. The molecule has 1 saturated carbocycles. The average molecular weight is 330 g/mol. The molecule has 2 amide bonds. The van der Waals surface area contributed by atoms with E-state index >= 15 is 0 Å². The number of ether oxygens (including phenoxy) is 2. The fourth-order valence-electron chi connectivity index (χ4n) is 3.31. The normalized spacial score (nSPS) is 20.0. The lowest BCUT2D eigenvalue weighted by Crippen LogP contribution is -2.51. The van der Waals surface area contributed by atoms with Gasteiger partial charge in [-0.3, -0.25) is 9.59 Å². The van der Waals surface area contributed by atoms with Gasteiger partial charge in [-0.25, -0.2) is 0 Å². The predicted octanol–water partition coefficient (Wildman–Crippen LogP) is 1.46. The molecule has 6 nitrogen and oxygen atoms in total. The van der Waals surface area contributed by atoms with Gasteiger partial charge in [-0.05, 0) is 37.5 Å². The van der Waals surface area contributed by atoms with E-state index in [-0.39, 0.29) is 17.7 Å². The molecule has 0 unspecified atom stereocenters. The predicted molar refractivity (Wildman–Crippen MR) is 87.4 cm³/mol. The van der Waals surface area contributed by atoms with E-state index in [9.17, 15) is 9.59 Å². The Balaban J connectivity index is 1.45. The van der Waals surface area contributed by atoms with Crippen LogP contribution in [0.3, 0.4) is 0 Å². The fraction of sp³-hybridized carbons (Fsp3) is 0.556. The van der Waals surface area contributed by atoms with Crippen LogP contribution in [-0.2, 0) is 4.79 Å². The van der Waals surface area contributed by atoms with Crippen molar-refractivity contribution in [3.63, 3.8) is 0 Å². The van der Waals surface area contributed by atoms with Crippen molar-refractivity contribution in [2.75, 3.05) is 39.4 Å². The van der Waals surface area contributed by atoms with Crippen molar-refractivity contribution in [2.24, 2.45) is 5.92 Å². The van der Waals surface area contributed by atoms with Crippen LogP contribution in [0.15, 0.2) is 12.1 Å². The van der Waals surface area contributed by atoms with Crippen molar-refractivity contribution in [1.29, 1.82) is 0 Å². The SMILES string of the molecule is Cc1cc2c(cc1C(=O)N1CCN(C(=O)C3CC3)CC1)OCCO2. The zero-order valence-corrected chi connectivity index (χ0v) is 13.9. The first-order valence-corrected chi connectivity index (χ1v) is 8.62. The van der Waals surface area contributed by atoms with Crippen molar-refractivity contribution < 1.29 is 19.1 Å². The minimum Gasteiger partial charge on any atom is -0.486 e. The molecule has 1 aromatic carbocycles. The first kappa shape index (κ1) is 15.3. The van der Waals surface area contributed by atoms with E-state index in [1.54, 1.807) is 6.07 Å². The molecule has 2 aliphatic heterocycles. The largest absolute Gasteiger partial charge is 0.486 e. The van der Waals surface area contributed by atoms with Crippen LogP contribution < -0.4 is 9.47 Å². The quantitative estimate of drug-likeness (QED) is 0.824. The van der Waals surface area contributed by atoms with Crippen LogP contribution in [0.25, 0.3) is 0 Å². The van der Waals surface area contributed by atoms with Gasteiger partial charge in [-0.1, -0.05) is 0 Å². The molecule has 6 heteroatoms. The number of carbonyl (C=O) groups is 2. The lowest BCUT2D eigenvalue weighted by Gasteiger charge is -2.35. The van der Waals surface area contributed by atoms with Crippen LogP contribution in [-0.4, -0.2) is 61.0 Å². The molecule has 0 atom stereocenters. The summed E-state index contributed by atoms with van der Waals surface area (Å²) in [7, 11) is 0. The fourth-order valence-corrected chi connectivity index (χ4v) is 3.31. The average Bonchev–Trinajstić information content (AvgIpc) is 3.45. The van der Waals surface area contributed by atoms with Gasteiger partial charge in [0.25, 0.3) is 5.91 Å². The summed E-state index contributed by atoms with van der Waals surface area (Å²) in [6.07, 6.45) is 2.04. The summed E-state index contributed by atoms with van der Waals surface area (Å²) in [5.74, 6) is 1.85. The molecule has 0 radical (unpaired) electrons. The second-order valence-corrected chi connectivity index (χ2v) is 6.70. The van der Waals surface area contributed by atoms with Gasteiger partial charge in [0.1, 0.15) is 13.2 Å². The van der Waals surface area contributed by atoms with Crippen LogP contribution in [0.4, 0.5) is 0 Å². The summed E-state index contributed by atoms with van der Waals surface area (Å²) in [5, 5.41) is 0. The Morgan fingerprint density at radius 3 is 2.17 bits per heavy atom. The maximum Gasteiger partial charge on any atom is 0.254 e. The lowest BCUT2D eigenvalue weighted by atomic mass is 10.1. The van der Waals surface area contributed by atoms with Crippen LogP contribution in [0.1, 0.15) is 28.8 Å². The van der Waals surface area contributed by atoms with Crippen molar-refractivity contribution >= 4 is 11.8 Å². The topological polar surface area (TPSA) is 59.1 Å². The Kier molecular flexibility index (Phi) is 3.82. The molecule has 0 spiro atoms. The summed E-state index contributed by atoms with van der Waals surface area (Å²) in [6.45, 7) is 5.40. The van der Waals surface area contributed by atoms with Crippen molar-refractivity contribution in [2.45, 2.75) is 19.8 Å². The third kappa shape index (κ3) is 2.81. The summed E-state index contributed by atoms with van der Waals surface area (Å²) in [4.78, 5) is 28.7. The third-order valence-corrected chi connectivity index (χ3v) is 4.92. The number of carbonyl (C=O) groups excluding carboxylic acids is 2. The van der Waals surface area contributed by atoms with Crippen molar-refractivity contribution in [1.82, 2.24) is 9.80 Å². The molecule has 2 heterocycles. The molecule has 0 bridgehead atoms. The summed E-state index contributed by atoms with van der Waals surface area (Å²) < 4.78 is 11.1. The second-order valence-electron chi connectivity index (χ2n) is 6.70. The van der Waals surface area contributed by atoms with E-state index in [0.29, 0.717) is 56.5 Å². The Bertz CT molecular complexity index is 676. The van der Waals surface area contributed by atoms with E-state index in [0.717, 1.165) is 18.4 Å². The van der Waals surface area contributed by atoms with Crippen LogP contribution in [0.2, 0.25) is 0 Å². The maximum absolute atomic E-state index is 12.9.